The van der Waals surface area contributed by atoms with E-state index in [1.807, 2.05) is 0 Å². The van der Waals surface area contributed by atoms with Gasteiger partial charge in [0.15, 0.2) is 39.2 Å². The van der Waals surface area contributed by atoms with Crippen LogP contribution in [0.3, 0.4) is 0 Å². The molecule has 1 aliphatic heterocycles. The van der Waals surface area contributed by atoms with E-state index in [0.29, 0.717) is 32.8 Å². The average molecular weight is 613 g/mol. The van der Waals surface area contributed by atoms with Gasteiger partial charge in [0.1, 0.15) is 12.7 Å². The summed E-state index contributed by atoms with van der Waals surface area (Å²) in [5, 5.41) is 3.60. The highest BCUT2D eigenvalue weighted by Gasteiger charge is 2.51. The molecule has 13 heteroatoms. The number of imidazole rings is 1. The minimum absolute atomic E-state index is 0.183. The number of fused-ring (bicyclic) bond motifs is 3. The zero-order chi connectivity index (χ0) is 25.6. The monoisotopic (exact) mass is 613 g/mol. The Balaban J connectivity index is 1.49. The number of nitrogens with zero attached hydrogens (tertiary/aromatic N) is 4. The Morgan fingerprint density at radius 2 is 1.83 bits per heavy atom. The van der Waals surface area contributed by atoms with Crippen LogP contribution >= 0.6 is 22.6 Å². The number of hydrogen-bond donors (Lipinski definition) is 1. The first-order valence-corrected chi connectivity index (χ1v) is 13.1. The molecule has 36 heavy (non-hydrogen) atoms. The number of carbonyl (C=O) groups excluding carboxylic acids is 3. The van der Waals surface area contributed by atoms with Gasteiger partial charge in [-0.05, 0) is 31.1 Å². The molecule has 2 aromatic rings. The van der Waals surface area contributed by atoms with Crippen LogP contribution in [0.5, 0.6) is 0 Å². The normalized spacial score (nSPS) is 30.9. The third-order valence-electron chi connectivity index (χ3n) is 7.07. The van der Waals surface area contributed by atoms with Crippen molar-refractivity contribution in [3.63, 3.8) is 0 Å². The molecule has 2 bridgehead atoms. The summed E-state index contributed by atoms with van der Waals surface area (Å²) in [4.78, 5) is 49.0. The van der Waals surface area contributed by atoms with Crippen molar-refractivity contribution in [1.82, 2.24) is 19.5 Å². The number of aromatic nitrogens is 4. The van der Waals surface area contributed by atoms with Crippen molar-refractivity contribution in [1.29, 1.82) is 0 Å². The summed E-state index contributed by atoms with van der Waals surface area (Å²) in [7, 11) is 0. The number of nitrogens with one attached hydrogen (secondary N) is 1. The van der Waals surface area contributed by atoms with Crippen LogP contribution in [0, 0.1) is 15.7 Å². The van der Waals surface area contributed by atoms with Gasteiger partial charge >= 0.3 is 17.9 Å². The molecule has 3 aliphatic rings. The molecule has 194 valence electrons. The van der Waals surface area contributed by atoms with E-state index in [0.717, 1.165) is 12.3 Å². The maximum Gasteiger partial charge on any atom is 0.303 e. The number of rotatable bonds is 7. The highest BCUT2D eigenvalue weighted by Crippen LogP contribution is 2.46. The lowest BCUT2D eigenvalue weighted by Crippen LogP contribution is -2.40. The smallest absolute Gasteiger partial charge is 0.303 e. The first kappa shape index (κ1) is 25.1. The van der Waals surface area contributed by atoms with Crippen LogP contribution in [0.4, 0.5) is 5.82 Å². The average Bonchev–Trinajstić information content (AvgIpc) is 3.56. The summed E-state index contributed by atoms with van der Waals surface area (Å²) in [6.45, 7) is 3.59. The minimum Gasteiger partial charge on any atom is -0.463 e. The summed E-state index contributed by atoms with van der Waals surface area (Å²) in [6, 6.07) is 0.348. The van der Waals surface area contributed by atoms with Crippen molar-refractivity contribution in [2.75, 3.05) is 11.9 Å². The molecule has 12 nitrogen and oxygen atoms in total. The van der Waals surface area contributed by atoms with Gasteiger partial charge in [-0.15, -0.1) is 0 Å². The van der Waals surface area contributed by atoms with Crippen molar-refractivity contribution in [2.45, 2.75) is 77.0 Å². The van der Waals surface area contributed by atoms with Crippen LogP contribution in [0.2, 0.25) is 0 Å². The molecule has 2 saturated carbocycles. The predicted octanol–water partition coefficient (Wildman–Crippen LogP) is 2.36. The van der Waals surface area contributed by atoms with Crippen LogP contribution in [-0.2, 0) is 33.3 Å². The minimum atomic E-state index is -1.01. The maximum absolute atomic E-state index is 12.0. The predicted molar refractivity (Wildman–Crippen MR) is 133 cm³/mol. The van der Waals surface area contributed by atoms with Crippen molar-refractivity contribution in [3.8, 4) is 0 Å². The van der Waals surface area contributed by atoms with Crippen LogP contribution < -0.4 is 5.32 Å². The molecule has 0 spiro atoms. The molecule has 0 amide bonds. The van der Waals surface area contributed by atoms with E-state index in [1.165, 1.54) is 40.0 Å². The molecular weight excluding hydrogens is 585 g/mol. The molecule has 0 aromatic carbocycles. The van der Waals surface area contributed by atoms with Gasteiger partial charge in [-0.2, -0.15) is 0 Å². The van der Waals surface area contributed by atoms with Crippen molar-refractivity contribution < 1.29 is 33.3 Å². The quantitative estimate of drug-likeness (QED) is 0.213. The van der Waals surface area contributed by atoms with Gasteiger partial charge in [0.2, 0.25) is 0 Å². The summed E-state index contributed by atoms with van der Waals surface area (Å²) in [5.41, 5.74) is 1.05. The fraction of sp³-hybridized carbons (Fsp3) is 0.652. The maximum atomic E-state index is 12.0. The van der Waals surface area contributed by atoms with Crippen molar-refractivity contribution >= 4 is 57.5 Å². The standard InChI is InChI=1S/C23H28IN5O7/c1-10(30)33-8-16-18(34-11(2)31)19(35-12(3)32)22(36-16)29-9-25-17-20(27-23(24)28-21(17)29)26-15-7-13-4-5-14(15)6-13/h9,13-16,18-19,22H,4-8H2,1-3H3,(H,26,27,28)/t13?,14?,15?,16-,18+,19+,22+/m0/s1. The topological polar surface area (TPSA) is 144 Å². The molecule has 1 N–H and O–H groups in total. The Morgan fingerprint density at radius 1 is 1.08 bits per heavy atom. The third-order valence-corrected chi connectivity index (χ3v) is 7.55. The molecule has 2 aromatic heterocycles. The van der Waals surface area contributed by atoms with Crippen LogP contribution in [-0.4, -0.2) is 68.4 Å². The van der Waals surface area contributed by atoms with Crippen LogP contribution in [0.25, 0.3) is 11.2 Å². The summed E-state index contributed by atoms with van der Waals surface area (Å²) < 4.78 is 24.5. The number of hydrogen-bond acceptors (Lipinski definition) is 11. The summed E-state index contributed by atoms with van der Waals surface area (Å²) in [5.74, 6) is 0.378. The van der Waals surface area contributed by atoms with Gasteiger partial charge in [0, 0.05) is 49.4 Å². The Bertz CT molecular complexity index is 1190. The lowest BCUT2D eigenvalue weighted by Gasteiger charge is -2.24. The van der Waals surface area contributed by atoms with Crippen molar-refractivity contribution in [3.05, 3.63) is 10.2 Å². The van der Waals surface area contributed by atoms with E-state index < -0.39 is 42.4 Å². The highest BCUT2D eigenvalue weighted by molar-refractivity contribution is 14.1. The van der Waals surface area contributed by atoms with E-state index in [1.54, 1.807) is 10.9 Å². The number of esters is 3. The molecular formula is C23H28IN5O7. The number of carbonyl (C=O) groups is 3. The first-order valence-electron chi connectivity index (χ1n) is 12.0. The Morgan fingerprint density at radius 3 is 2.47 bits per heavy atom. The van der Waals surface area contributed by atoms with Crippen LogP contribution in [0.1, 0.15) is 52.7 Å². The summed E-state index contributed by atoms with van der Waals surface area (Å²) in [6.07, 6.45) is 2.63. The number of ether oxygens (including phenoxy) is 4. The van der Waals surface area contributed by atoms with Gasteiger partial charge in [-0.25, -0.2) is 15.0 Å². The lowest BCUT2D eigenvalue weighted by atomic mass is 9.95. The molecule has 0 radical (unpaired) electrons. The van der Waals surface area contributed by atoms with E-state index in [2.05, 4.69) is 42.9 Å². The number of halogens is 1. The zero-order valence-electron chi connectivity index (χ0n) is 20.2. The second-order valence-electron chi connectivity index (χ2n) is 9.61. The van der Waals surface area contributed by atoms with E-state index in [4.69, 9.17) is 18.9 Å². The van der Waals surface area contributed by atoms with Crippen molar-refractivity contribution in [2.24, 2.45) is 11.8 Å². The lowest BCUT2D eigenvalue weighted by molar-refractivity contribution is -0.166. The highest BCUT2D eigenvalue weighted by atomic mass is 127. The molecule has 7 atom stereocenters. The third kappa shape index (κ3) is 4.99. The van der Waals surface area contributed by atoms with Crippen LogP contribution in [0.15, 0.2) is 6.33 Å². The second kappa shape index (κ2) is 10.1. The molecule has 3 unspecified atom stereocenters. The van der Waals surface area contributed by atoms with Gasteiger partial charge < -0.3 is 24.3 Å². The Kier molecular flexibility index (Phi) is 7.03. The Hall–Kier alpha value is -2.55. The fourth-order valence-corrected chi connectivity index (χ4v) is 6.16. The van der Waals surface area contributed by atoms with Gasteiger partial charge in [0.05, 0.1) is 6.33 Å². The molecule has 2 aliphatic carbocycles. The summed E-state index contributed by atoms with van der Waals surface area (Å²) >= 11 is 2.05. The first-order chi connectivity index (χ1) is 17.2. The molecule has 5 rings (SSSR count). The van der Waals surface area contributed by atoms with Gasteiger partial charge in [-0.3, -0.25) is 19.0 Å². The zero-order valence-corrected chi connectivity index (χ0v) is 22.3. The van der Waals surface area contributed by atoms with E-state index >= 15 is 0 Å². The van der Waals surface area contributed by atoms with Gasteiger partial charge in [-0.1, -0.05) is 6.42 Å². The SMILES string of the molecule is CC(=O)OC[C@@H]1O[C@@H](n2cnc3c(NC4CC5CCC4C5)nc(I)nc32)[C@H](OC(C)=O)[C@@H]1OC(C)=O. The fourth-order valence-electron chi connectivity index (χ4n) is 5.69. The number of anilines is 1. The Labute approximate surface area is 220 Å². The largest absolute Gasteiger partial charge is 0.463 e. The molecule has 1 saturated heterocycles. The van der Waals surface area contributed by atoms with Gasteiger partial charge in [0.25, 0.3) is 0 Å². The second-order valence-corrected chi connectivity index (χ2v) is 10.6. The molecule has 3 fully saturated rings. The van der Waals surface area contributed by atoms with E-state index in [-0.39, 0.29) is 6.61 Å². The van der Waals surface area contributed by atoms with E-state index in [9.17, 15) is 14.4 Å². The molecule has 3 heterocycles.